The quantitative estimate of drug-likeness (QED) is 0.820. The van der Waals surface area contributed by atoms with Gasteiger partial charge in [-0.1, -0.05) is 12.1 Å². The van der Waals surface area contributed by atoms with Crippen molar-refractivity contribution in [3.8, 4) is 17.2 Å². The monoisotopic (exact) mass is 407 g/mol. The van der Waals surface area contributed by atoms with Crippen molar-refractivity contribution in [3.63, 3.8) is 0 Å². The molecule has 156 valence electrons. The summed E-state index contributed by atoms with van der Waals surface area (Å²) in [5, 5.41) is 10.3. The van der Waals surface area contributed by atoms with Gasteiger partial charge in [-0.2, -0.15) is 0 Å². The third kappa shape index (κ3) is 3.32. The number of hydrogen-bond donors (Lipinski definition) is 1. The number of rotatable bonds is 4. The molecule has 0 fully saturated rings. The number of anilines is 1. The molecule has 2 aromatic carbocycles. The molecule has 6 heteroatoms. The van der Waals surface area contributed by atoms with Crippen LogP contribution in [0.1, 0.15) is 42.7 Å². The number of benzene rings is 2. The number of allylic oxidation sites excluding steroid dienone is 2. The van der Waals surface area contributed by atoms with Crippen molar-refractivity contribution in [1.82, 2.24) is 0 Å². The molecule has 0 bridgehead atoms. The molecule has 2 aromatic rings. The van der Waals surface area contributed by atoms with Gasteiger partial charge in [-0.3, -0.25) is 14.5 Å². The minimum absolute atomic E-state index is 0.0509. The van der Waals surface area contributed by atoms with E-state index in [1.807, 2.05) is 31.2 Å². The highest BCUT2D eigenvalue weighted by molar-refractivity contribution is 6.07. The first-order chi connectivity index (χ1) is 14.4. The van der Waals surface area contributed by atoms with Gasteiger partial charge < -0.3 is 14.6 Å². The van der Waals surface area contributed by atoms with E-state index in [0.717, 1.165) is 28.9 Å². The van der Waals surface area contributed by atoms with Gasteiger partial charge in [0, 0.05) is 35.7 Å². The summed E-state index contributed by atoms with van der Waals surface area (Å²) in [7, 11) is 2.92. The molecule has 0 saturated carbocycles. The van der Waals surface area contributed by atoms with Crippen LogP contribution in [-0.2, 0) is 9.59 Å². The SMILES string of the molecule is COc1cc(C2CC(=O)N(c3cccc(C)c3)C3=C2C(=O)CCC3)cc(OC)c1O. The Morgan fingerprint density at radius 3 is 2.37 bits per heavy atom. The minimum Gasteiger partial charge on any atom is -0.502 e. The number of methoxy groups -OCH3 is 2. The number of ether oxygens (including phenoxy) is 2. The lowest BCUT2D eigenvalue weighted by atomic mass is 9.77. The van der Waals surface area contributed by atoms with Crippen molar-refractivity contribution in [2.75, 3.05) is 19.1 Å². The van der Waals surface area contributed by atoms with Gasteiger partial charge in [0.25, 0.3) is 0 Å². The van der Waals surface area contributed by atoms with Crippen LogP contribution in [0.3, 0.4) is 0 Å². The number of aryl methyl sites for hydroxylation is 1. The molecule has 6 nitrogen and oxygen atoms in total. The molecular formula is C24H25NO5. The Bertz CT molecular complexity index is 1030. The third-order valence-electron chi connectivity index (χ3n) is 5.84. The van der Waals surface area contributed by atoms with E-state index < -0.39 is 5.92 Å². The molecule has 0 spiro atoms. The van der Waals surface area contributed by atoms with Gasteiger partial charge in [0.2, 0.25) is 11.7 Å². The molecular weight excluding hydrogens is 382 g/mol. The minimum atomic E-state index is -0.398. The smallest absolute Gasteiger partial charge is 0.232 e. The van der Waals surface area contributed by atoms with Gasteiger partial charge in [-0.25, -0.2) is 0 Å². The molecule has 0 aromatic heterocycles. The largest absolute Gasteiger partial charge is 0.502 e. The number of ketones is 1. The predicted octanol–water partition coefficient (Wildman–Crippen LogP) is 4.25. The number of nitrogens with zero attached hydrogens (tertiary/aromatic N) is 1. The van der Waals surface area contributed by atoms with Gasteiger partial charge >= 0.3 is 0 Å². The second kappa shape index (κ2) is 7.86. The highest BCUT2D eigenvalue weighted by Gasteiger charge is 2.40. The van der Waals surface area contributed by atoms with Crippen molar-refractivity contribution >= 4 is 17.4 Å². The number of amides is 1. The Hall–Kier alpha value is -3.28. The van der Waals surface area contributed by atoms with Crippen molar-refractivity contribution in [3.05, 3.63) is 58.8 Å². The maximum Gasteiger partial charge on any atom is 0.232 e. The number of hydrogen-bond acceptors (Lipinski definition) is 5. The molecule has 1 unspecified atom stereocenters. The average Bonchev–Trinajstić information content (AvgIpc) is 2.73. The molecule has 30 heavy (non-hydrogen) atoms. The van der Waals surface area contributed by atoms with Crippen molar-refractivity contribution in [1.29, 1.82) is 0 Å². The first-order valence-corrected chi connectivity index (χ1v) is 10.0. The van der Waals surface area contributed by atoms with Crippen LogP contribution in [0.25, 0.3) is 0 Å². The Kier molecular flexibility index (Phi) is 5.24. The lowest BCUT2D eigenvalue weighted by molar-refractivity contribution is -0.119. The van der Waals surface area contributed by atoms with Crippen LogP contribution in [-0.4, -0.2) is 31.0 Å². The first-order valence-electron chi connectivity index (χ1n) is 10.0. The highest BCUT2D eigenvalue weighted by atomic mass is 16.5. The number of phenols is 1. The summed E-state index contributed by atoms with van der Waals surface area (Å²) in [5.74, 6) is 0.0234. The molecule has 0 radical (unpaired) electrons. The first kappa shape index (κ1) is 20.0. The third-order valence-corrected chi connectivity index (χ3v) is 5.84. The summed E-state index contributed by atoms with van der Waals surface area (Å²) in [6, 6.07) is 11.1. The molecule has 0 saturated heterocycles. The van der Waals surface area contributed by atoms with Gasteiger partial charge in [-0.15, -0.1) is 0 Å². The fourth-order valence-electron chi connectivity index (χ4n) is 4.46. The normalized spacial score (nSPS) is 19.0. The predicted molar refractivity (Wildman–Crippen MR) is 113 cm³/mol. The number of Topliss-reactive ketones (excluding diaryl/α,β-unsaturated/α-hetero) is 1. The Balaban J connectivity index is 1.88. The van der Waals surface area contributed by atoms with E-state index in [4.69, 9.17) is 9.47 Å². The highest BCUT2D eigenvalue weighted by Crippen LogP contribution is 2.47. The number of phenolic OH excluding ortho intramolecular Hbond substituents is 1. The maximum absolute atomic E-state index is 13.3. The van der Waals surface area contributed by atoms with Crippen LogP contribution < -0.4 is 14.4 Å². The summed E-state index contributed by atoms with van der Waals surface area (Å²) >= 11 is 0. The van der Waals surface area contributed by atoms with E-state index >= 15 is 0 Å². The Labute approximate surface area is 175 Å². The van der Waals surface area contributed by atoms with Gasteiger partial charge in [-0.05, 0) is 55.2 Å². The lowest BCUT2D eigenvalue weighted by Crippen LogP contribution is -2.40. The van der Waals surface area contributed by atoms with E-state index in [9.17, 15) is 14.7 Å². The Morgan fingerprint density at radius 2 is 1.73 bits per heavy atom. The zero-order valence-corrected chi connectivity index (χ0v) is 17.4. The van der Waals surface area contributed by atoms with Crippen LogP contribution >= 0.6 is 0 Å². The van der Waals surface area contributed by atoms with E-state index in [-0.39, 0.29) is 35.4 Å². The van der Waals surface area contributed by atoms with Gasteiger partial charge in [0.1, 0.15) is 0 Å². The maximum atomic E-state index is 13.3. The Morgan fingerprint density at radius 1 is 1.03 bits per heavy atom. The number of aromatic hydroxyl groups is 1. The summed E-state index contributed by atoms with van der Waals surface area (Å²) in [6.07, 6.45) is 2.03. The average molecular weight is 407 g/mol. The summed E-state index contributed by atoms with van der Waals surface area (Å²) in [6.45, 7) is 1.98. The summed E-state index contributed by atoms with van der Waals surface area (Å²) in [5.41, 5.74) is 4.03. The van der Waals surface area contributed by atoms with Crippen LogP contribution in [0, 0.1) is 6.92 Å². The number of carbonyl (C=O) groups excluding carboxylic acids is 2. The lowest BCUT2D eigenvalue weighted by Gasteiger charge is -2.38. The van der Waals surface area contributed by atoms with Crippen molar-refractivity contribution in [2.45, 2.75) is 38.5 Å². The zero-order valence-electron chi connectivity index (χ0n) is 17.4. The van der Waals surface area contributed by atoms with E-state index in [0.29, 0.717) is 18.4 Å². The fourth-order valence-corrected chi connectivity index (χ4v) is 4.46. The topological polar surface area (TPSA) is 76.1 Å². The second-order valence-electron chi connectivity index (χ2n) is 7.74. The van der Waals surface area contributed by atoms with Crippen LogP contribution in [0.5, 0.6) is 17.2 Å². The molecule has 1 atom stereocenters. The standard InChI is InChI=1S/C24H25NO5/c1-14-6-4-7-16(10-14)25-18-8-5-9-19(26)23(18)17(13-22(25)27)15-11-20(29-2)24(28)21(12-15)30-3/h4,6-7,10-12,17,28H,5,8-9,13H2,1-3H3. The van der Waals surface area contributed by atoms with E-state index in [2.05, 4.69) is 0 Å². The fraction of sp³-hybridized carbons (Fsp3) is 0.333. The summed E-state index contributed by atoms with van der Waals surface area (Å²) in [4.78, 5) is 28.0. The van der Waals surface area contributed by atoms with E-state index in [1.165, 1.54) is 14.2 Å². The molecule has 1 N–H and O–H groups in total. The van der Waals surface area contributed by atoms with Crippen molar-refractivity contribution in [2.24, 2.45) is 0 Å². The molecule has 1 amide bonds. The van der Waals surface area contributed by atoms with Crippen molar-refractivity contribution < 1.29 is 24.2 Å². The van der Waals surface area contributed by atoms with Gasteiger partial charge in [0.05, 0.1) is 14.2 Å². The van der Waals surface area contributed by atoms with Crippen LogP contribution in [0.4, 0.5) is 5.69 Å². The van der Waals surface area contributed by atoms with Crippen LogP contribution in [0.15, 0.2) is 47.7 Å². The molecule has 1 heterocycles. The summed E-state index contributed by atoms with van der Waals surface area (Å²) < 4.78 is 10.6. The van der Waals surface area contributed by atoms with Gasteiger partial charge in [0.15, 0.2) is 17.3 Å². The molecule has 1 aliphatic heterocycles. The van der Waals surface area contributed by atoms with E-state index in [1.54, 1.807) is 17.0 Å². The molecule has 1 aliphatic carbocycles. The number of carbonyl (C=O) groups is 2. The molecule has 4 rings (SSSR count). The molecule has 2 aliphatic rings. The second-order valence-corrected chi connectivity index (χ2v) is 7.74. The zero-order chi connectivity index (χ0) is 21.4. The van der Waals surface area contributed by atoms with Crippen LogP contribution in [0.2, 0.25) is 0 Å².